The largest absolute Gasteiger partial charge is 0.376 e. The molecule has 28 heavy (non-hydrogen) atoms. The van der Waals surface area contributed by atoms with Crippen molar-refractivity contribution >= 4 is 17.3 Å². The molecule has 2 aromatic rings. The summed E-state index contributed by atoms with van der Waals surface area (Å²) >= 11 is 5.64. The third-order valence-electron chi connectivity index (χ3n) is 5.70. The van der Waals surface area contributed by atoms with E-state index >= 15 is 0 Å². The van der Waals surface area contributed by atoms with Gasteiger partial charge in [0.15, 0.2) is 5.11 Å². The van der Waals surface area contributed by atoms with Crippen LogP contribution < -0.4 is 5.32 Å². The van der Waals surface area contributed by atoms with E-state index in [0.29, 0.717) is 6.10 Å². The predicted octanol–water partition coefficient (Wildman–Crippen LogP) is 3.45. The van der Waals surface area contributed by atoms with Gasteiger partial charge in [0.05, 0.1) is 12.1 Å². The first-order valence-electron chi connectivity index (χ1n) is 10.3. The fourth-order valence-corrected chi connectivity index (χ4v) is 4.45. The van der Waals surface area contributed by atoms with Crippen LogP contribution in [0.1, 0.15) is 30.0 Å². The molecule has 2 aliphatic rings. The molecular formula is C23H29N3OS. The monoisotopic (exact) mass is 395 g/mol. The van der Waals surface area contributed by atoms with Gasteiger partial charge < -0.3 is 15.0 Å². The summed E-state index contributed by atoms with van der Waals surface area (Å²) in [6.45, 7) is 5.61. The van der Waals surface area contributed by atoms with Gasteiger partial charge >= 0.3 is 0 Å². The van der Waals surface area contributed by atoms with Crippen LogP contribution in [0.25, 0.3) is 0 Å². The highest BCUT2D eigenvalue weighted by Crippen LogP contribution is 2.29. The molecule has 4 rings (SSSR count). The Labute approximate surface area is 173 Å². The smallest absolute Gasteiger partial charge is 0.169 e. The molecule has 0 saturated carbocycles. The van der Waals surface area contributed by atoms with Gasteiger partial charge in [0, 0.05) is 39.3 Å². The zero-order chi connectivity index (χ0) is 19.2. The van der Waals surface area contributed by atoms with Crippen molar-refractivity contribution in [3.05, 3.63) is 71.8 Å². The number of nitrogens with one attached hydrogen (secondary N) is 1. The highest BCUT2D eigenvalue weighted by molar-refractivity contribution is 7.80. The minimum absolute atomic E-state index is 0.290. The molecule has 2 aliphatic heterocycles. The van der Waals surface area contributed by atoms with Crippen molar-refractivity contribution in [1.82, 2.24) is 15.1 Å². The van der Waals surface area contributed by atoms with E-state index in [-0.39, 0.29) is 6.04 Å². The van der Waals surface area contributed by atoms with Gasteiger partial charge in [-0.25, -0.2) is 0 Å². The van der Waals surface area contributed by atoms with Crippen molar-refractivity contribution in [2.75, 3.05) is 39.3 Å². The fraction of sp³-hybridized carbons (Fsp3) is 0.435. The van der Waals surface area contributed by atoms with Crippen LogP contribution in [0.15, 0.2) is 60.7 Å². The van der Waals surface area contributed by atoms with Crippen LogP contribution in [0, 0.1) is 0 Å². The van der Waals surface area contributed by atoms with E-state index < -0.39 is 0 Å². The normalized spacial score (nSPS) is 20.5. The summed E-state index contributed by atoms with van der Waals surface area (Å²) in [4.78, 5) is 4.87. The first-order chi connectivity index (χ1) is 13.8. The zero-order valence-electron chi connectivity index (χ0n) is 16.3. The minimum atomic E-state index is 0.290. The van der Waals surface area contributed by atoms with Gasteiger partial charge in [-0.2, -0.15) is 0 Å². The van der Waals surface area contributed by atoms with Gasteiger partial charge in [-0.3, -0.25) is 4.90 Å². The third-order valence-corrected chi connectivity index (χ3v) is 6.10. The highest BCUT2D eigenvalue weighted by atomic mass is 32.1. The second-order valence-corrected chi connectivity index (χ2v) is 7.95. The molecule has 2 saturated heterocycles. The summed E-state index contributed by atoms with van der Waals surface area (Å²) < 4.78 is 5.69. The fourth-order valence-electron chi connectivity index (χ4n) is 4.19. The second kappa shape index (κ2) is 9.50. The molecule has 0 radical (unpaired) electrons. The zero-order valence-corrected chi connectivity index (χ0v) is 17.1. The van der Waals surface area contributed by atoms with Gasteiger partial charge in [-0.15, -0.1) is 0 Å². The van der Waals surface area contributed by atoms with Crippen molar-refractivity contribution in [1.29, 1.82) is 0 Å². The maximum Gasteiger partial charge on any atom is 0.169 e. The first-order valence-corrected chi connectivity index (χ1v) is 10.7. The Hall–Kier alpha value is -1.95. The maximum atomic E-state index is 5.69. The summed E-state index contributed by atoms with van der Waals surface area (Å²) in [6, 6.07) is 21.9. The van der Waals surface area contributed by atoms with Crippen molar-refractivity contribution in [2.45, 2.75) is 25.0 Å². The number of rotatable bonds is 5. The minimum Gasteiger partial charge on any atom is -0.376 e. The van der Waals surface area contributed by atoms with Gasteiger partial charge in [-0.05, 0) is 36.2 Å². The van der Waals surface area contributed by atoms with Crippen LogP contribution in [0.4, 0.5) is 0 Å². The van der Waals surface area contributed by atoms with Crippen molar-refractivity contribution in [3.63, 3.8) is 0 Å². The molecule has 5 heteroatoms. The molecule has 0 aliphatic carbocycles. The molecule has 0 bridgehead atoms. The quantitative estimate of drug-likeness (QED) is 0.783. The topological polar surface area (TPSA) is 27.7 Å². The summed E-state index contributed by atoms with van der Waals surface area (Å²) in [6.07, 6.45) is 2.62. The third kappa shape index (κ3) is 4.72. The number of benzene rings is 2. The van der Waals surface area contributed by atoms with Crippen molar-refractivity contribution in [3.8, 4) is 0 Å². The molecule has 2 fully saturated rings. The summed E-state index contributed by atoms with van der Waals surface area (Å²) in [7, 11) is 0. The number of hydrogen-bond acceptors (Lipinski definition) is 3. The second-order valence-electron chi connectivity index (χ2n) is 7.57. The lowest BCUT2D eigenvalue weighted by atomic mass is 9.96. The van der Waals surface area contributed by atoms with E-state index in [0.717, 1.165) is 57.3 Å². The van der Waals surface area contributed by atoms with Crippen molar-refractivity contribution in [2.24, 2.45) is 0 Å². The highest BCUT2D eigenvalue weighted by Gasteiger charge is 2.27. The van der Waals surface area contributed by atoms with Crippen molar-refractivity contribution < 1.29 is 4.74 Å². The average Bonchev–Trinajstić information content (AvgIpc) is 3.28. The molecule has 2 heterocycles. The summed E-state index contributed by atoms with van der Waals surface area (Å²) in [5, 5.41) is 4.28. The Morgan fingerprint density at radius 2 is 1.57 bits per heavy atom. The van der Waals surface area contributed by atoms with Crippen LogP contribution in [0.5, 0.6) is 0 Å². The molecule has 148 valence electrons. The lowest BCUT2D eigenvalue weighted by Gasteiger charge is -2.40. The molecule has 1 N–H and O–H groups in total. The summed E-state index contributed by atoms with van der Waals surface area (Å²) in [5.74, 6) is 0. The Morgan fingerprint density at radius 3 is 2.11 bits per heavy atom. The Balaban J connectivity index is 1.38. The Kier molecular flexibility index (Phi) is 6.57. The SMILES string of the molecule is S=C(NC[C@@H]1CCCO1)N1CCN(C(c2ccccc2)c2ccccc2)CC1. The van der Waals surface area contributed by atoms with Gasteiger partial charge in [0.1, 0.15) is 0 Å². The molecule has 0 aromatic heterocycles. The van der Waals surface area contributed by atoms with Crippen LogP contribution in [-0.2, 0) is 4.74 Å². The van der Waals surface area contributed by atoms with E-state index in [2.05, 4.69) is 75.8 Å². The molecule has 0 spiro atoms. The number of ether oxygens (including phenoxy) is 1. The molecule has 2 aromatic carbocycles. The number of hydrogen-bond donors (Lipinski definition) is 1. The standard InChI is InChI=1S/C23H29N3OS/c28-23(24-18-21-12-7-17-27-21)26-15-13-25(14-16-26)22(19-8-3-1-4-9-19)20-10-5-2-6-11-20/h1-6,8-11,21-22H,7,12-18H2,(H,24,28)/t21-/m0/s1. The van der Waals surface area contributed by atoms with Gasteiger partial charge in [0.25, 0.3) is 0 Å². The van der Waals surface area contributed by atoms with E-state index in [1.54, 1.807) is 0 Å². The Bertz CT molecular complexity index is 701. The first kappa shape index (κ1) is 19.4. The van der Waals surface area contributed by atoms with E-state index in [1.165, 1.54) is 11.1 Å². The molecular weight excluding hydrogens is 366 g/mol. The Morgan fingerprint density at radius 1 is 0.964 bits per heavy atom. The summed E-state index contributed by atoms with van der Waals surface area (Å²) in [5.41, 5.74) is 2.70. The number of thiocarbonyl (C=S) groups is 1. The van der Waals surface area contributed by atoms with Crippen LogP contribution in [0.3, 0.4) is 0 Å². The lowest BCUT2D eigenvalue weighted by molar-refractivity contribution is 0.112. The van der Waals surface area contributed by atoms with E-state index in [1.807, 2.05) is 0 Å². The number of piperazine rings is 1. The van der Waals surface area contributed by atoms with Gasteiger partial charge in [-0.1, -0.05) is 60.7 Å². The molecule has 0 unspecified atom stereocenters. The molecule has 4 nitrogen and oxygen atoms in total. The molecule has 0 amide bonds. The van der Waals surface area contributed by atoms with Gasteiger partial charge in [0.2, 0.25) is 0 Å². The van der Waals surface area contributed by atoms with Crippen LogP contribution in [-0.4, -0.2) is 60.3 Å². The van der Waals surface area contributed by atoms with E-state index in [4.69, 9.17) is 17.0 Å². The lowest BCUT2D eigenvalue weighted by Crippen LogP contribution is -2.53. The maximum absolute atomic E-state index is 5.69. The average molecular weight is 396 g/mol. The van der Waals surface area contributed by atoms with E-state index in [9.17, 15) is 0 Å². The van der Waals surface area contributed by atoms with Crippen LogP contribution >= 0.6 is 12.2 Å². The van der Waals surface area contributed by atoms with Crippen LogP contribution in [0.2, 0.25) is 0 Å². The number of nitrogens with zero attached hydrogens (tertiary/aromatic N) is 2. The molecule has 1 atom stereocenters. The predicted molar refractivity (Wildman–Crippen MR) is 117 cm³/mol.